The third-order valence-electron chi connectivity index (χ3n) is 1.87. The van der Waals surface area contributed by atoms with E-state index in [4.69, 9.17) is 5.11 Å². The van der Waals surface area contributed by atoms with Gasteiger partial charge >= 0.3 is 5.97 Å². The van der Waals surface area contributed by atoms with Gasteiger partial charge in [-0.2, -0.15) is 5.10 Å². The number of fused-ring (bicyclic) bond motifs is 1. The molecule has 0 amide bonds. The van der Waals surface area contributed by atoms with Gasteiger partial charge in [-0.1, -0.05) is 0 Å². The summed E-state index contributed by atoms with van der Waals surface area (Å²) in [7, 11) is 0. The highest BCUT2D eigenvalue weighted by Gasteiger charge is 2.29. The lowest BCUT2D eigenvalue weighted by Crippen LogP contribution is -2.15. The average Bonchev–Trinajstić information content (AvgIpc) is 2.41. The van der Waals surface area contributed by atoms with Crippen molar-refractivity contribution in [3.8, 4) is 0 Å². The van der Waals surface area contributed by atoms with Gasteiger partial charge in [0.05, 0.1) is 0 Å². The molecule has 2 rings (SSSR count). The van der Waals surface area contributed by atoms with Crippen LogP contribution in [-0.4, -0.2) is 25.8 Å². The van der Waals surface area contributed by atoms with Gasteiger partial charge in [0.1, 0.15) is 12.2 Å². The zero-order chi connectivity index (χ0) is 7.84. The Balaban J connectivity index is 2.38. The van der Waals surface area contributed by atoms with Gasteiger partial charge in [-0.15, -0.1) is 0 Å². The second-order valence-electron chi connectivity index (χ2n) is 2.51. The zero-order valence-corrected chi connectivity index (χ0v) is 5.77. The number of nitrogens with zero attached hydrogens (tertiary/aromatic N) is 3. The lowest BCUT2D eigenvalue weighted by Gasteiger charge is -2.02. The van der Waals surface area contributed by atoms with Crippen LogP contribution in [0, 0.1) is 0 Å². The van der Waals surface area contributed by atoms with Crippen molar-refractivity contribution < 1.29 is 9.90 Å². The van der Waals surface area contributed by atoms with E-state index in [1.54, 1.807) is 0 Å². The van der Waals surface area contributed by atoms with Crippen LogP contribution < -0.4 is 0 Å². The van der Waals surface area contributed by atoms with E-state index >= 15 is 0 Å². The molecule has 0 fully saturated rings. The average molecular weight is 153 g/mol. The summed E-state index contributed by atoms with van der Waals surface area (Å²) in [6, 6.07) is -0.493. The fourth-order valence-corrected chi connectivity index (χ4v) is 1.33. The van der Waals surface area contributed by atoms with E-state index in [9.17, 15) is 4.79 Å². The first kappa shape index (κ1) is 6.33. The maximum atomic E-state index is 10.6. The lowest BCUT2D eigenvalue weighted by molar-refractivity contribution is -0.140. The van der Waals surface area contributed by atoms with E-state index in [0.717, 1.165) is 12.2 Å². The molecule has 0 spiro atoms. The summed E-state index contributed by atoms with van der Waals surface area (Å²) in [5.41, 5.74) is 0. The highest BCUT2D eigenvalue weighted by Crippen LogP contribution is 2.22. The normalized spacial score (nSPS) is 21.6. The standard InChI is InChI=1S/C6H7N3O2/c10-6(11)4-1-2-5-7-3-8-9(4)5/h3-4H,1-2H2,(H,10,11). The van der Waals surface area contributed by atoms with E-state index in [0.29, 0.717) is 6.42 Å². The highest BCUT2D eigenvalue weighted by atomic mass is 16.4. The summed E-state index contributed by atoms with van der Waals surface area (Å²) in [5.74, 6) is -0.0494. The first-order valence-electron chi connectivity index (χ1n) is 3.40. The maximum absolute atomic E-state index is 10.6. The smallest absolute Gasteiger partial charge is 0.328 e. The van der Waals surface area contributed by atoms with Gasteiger partial charge in [0.15, 0.2) is 6.04 Å². The van der Waals surface area contributed by atoms with Crippen LogP contribution in [0.4, 0.5) is 0 Å². The minimum atomic E-state index is -0.825. The number of aliphatic carboxylic acids is 1. The molecule has 5 heteroatoms. The largest absolute Gasteiger partial charge is 0.480 e. The van der Waals surface area contributed by atoms with Gasteiger partial charge in [0.25, 0.3) is 0 Å². The number of carbonyl (C=O) groups is 1. The Hall–Kier alpha value is -1.39. The van der Waals surface area contributed by atoms with Gasteiger partial charge in [-0.05, 0) is 6.42 Å². The summed E-state index contributed by atoms with van der Waals surface area (Å²) >= 11 is 0. The Morgan fingerprint density at radius 3 is 3.36 bits per heavy atom. The van der Waals surface area contributed by atoms with Crippen molar-refractivity contribution in [3.63, 3.8) is 0 Å². The first-order chi connectivity index (χ1) is 5.29. The fourth-order valence-electron chi connectivity index (χ4n) is 1.33. The molecule has 1 aliphatic heterocycles. The molecule has 2 heterocycles. The molecular formula is C6H7N3O2. The van der Waals surface area contributed by atoms with Crippen molar-refractivity contribution in [3.05, 3.63) is 12.2 Å². The molecule has 1 aromatic heterocycles. The van der Waals surface area contributed by atoms with Crippen LogP contribution in [0.5, 0.6) is 0 Å². The van der Waals surface area contributed by atoms with Crippen LogP contribution in [0.1, 0.15) is 18.3 Å². The summed E-state index contributed by atoms with van der Waals surface area (Å²) in [5, 5.41) is 12.5. The Morgan fingerprint density at radius 2 is 2.64 bits per heavy atom. The molecule has 0 aliphatic carbocycles. The molecule has 0 saturated heterocycles. The van der Waals surface area contributed by atoms with Gasteiger partial charge < -0.3 is 5.11 Å². The van der Waals surface area contributed by atoms with Crippen molar-refractivity contribution in [2.45, 2.75) is 18.9 Å². The Morgan fingerprint density at radius 1 is 1.82 bits per heavy atom. The number of rotatable bonds is 1. The van der Waals surface area contributed by atoms with Gasteiger partial charge in [0, 0.05) is 6.42 Å². The van der Waals surface area contributed by atoms with Crippen LogP contribution in [-0.2, 0) is 11.2 Å². The number of carboxylic acid groups (broad SMARTS) is 1. The summed E-state index contributed by atoms with van der Waals surface area (Å²) in [4.78, 5) is 14.5. The second-order valence-corrected chi connectivity index (χ2v) is 2.51. The topological polar surface area (TPSA) is 68.0 Å². The predicted octanol–water partition coefficient (Wildman–Crippen LogP) is -0.150. The first-order valence-corrected chi connectivity index (χ1v) is 3.40. The minimum absolute atomic E-state index is 0.493. The van der Waals surface area contributed by atoms with Crippen molar-refractivity contribution in [1.29, 1.82) is 0 Å². The van der Waals surface area contributed by atoms with Crippen molar-refractivity contribution in [2.75, 3.05) is 0 Å². The van der Waals surface area contributed by atoms with Crippen LogP contribution in [0.3, 0.4) is 0 Å². The van der Waals surface area contributed by atoms with E-state index in [2.05, 4.69) is 10.1 Å². The lowest BCUT2D eigenvalue weighted by atomic mass is 10.2. The molecule has 1 aliphatic rings. The third-order valence-corrected chi connectivity index (χ3v) is 1.87. The van der Waals surface area contributed by atoms with E-state index < -0.39 is 12.0 Å². The summed E-state index contributed by atoms with van der Waals surface area (Å²) in [6.07, 6.45) is 2.73. The van der Waals surface area contributed by atoms with E-state index in [-0.39, 0.29) is 0 Å². The molecule has 0 saturated carbocycles. The summed E-state index contributed by atoms with van der Waals surface area (Å²) in [6.45, 7) is 0. The molecule has 0 radical (unpaired) electrons. The molecule has 0 bridgehead atoms. The van der Waals surface area contributed by atoms with Crippen LogP contribution in [0.25, 0.3) is 0 Å². The van der Waals surface area contributed by atoms with Gasteiger partial charge in [-0.25, -0.2) is 14.5 Å². The van der Waals surface area contributed by atoms with E-state index in [1.165, 1.54) is 11.0 Å². The molecule has 11 heavy (non-hydrogen) atoms. The minimum Gasteiger partial charge on any atom is -0.480 e. The maximum Gasteiger partial charge on any atom is 0.328 e. The fraction of sp³-hybridized carbons (Fsp3) is 0.500. The van der Waals surface area contributed by atoms with Crippen LogP contribution in [0.2, 0.25) is 0 Å². The second kappa shape index (κ2) is 2.05. The van der Waals surface area contributed by atoms with Crippen molar-refractivity contribution >= 4 is 5.97 Å². The monoisotopic (exact) mass is 153 g/mol. The molecule has 1 atom stereocenters. The number of aryl methyl sites for hydroxylation is 1. The van der Waals surface area contributed by atoms with Crippen molar-refractivity contribution in [1.82, 2.24) is 14.8 Å². The molecule has 58 valence electrons. The molecule has 1 aromatic rings. The molecule has 5 nitrogen and oxygen atoms in total. The SMILES string of the molecule is O=C(O)C1CCc2ncnn21. The number of hydrogen-bond acceptors (Lipinski definition) is 3. The van der Waals surface area contributed by atoms with Gasteiger partial charge in [0.2, 0.25) is 0 Å². The Kier molecular flexibility index (Phi) is 1.18. The molecule has 0 aromatic carbocycles. The summed E-state index contributed by atoms with van der Waals surface area (Å²) < 4.78 is 1.47. The Bertz CT molecular complexity index is 294. The number of hydrogen-bond donors (Lipinski definition) is 1. The molecule has 1 N–H and O–H groups in total. The van der Waals surface area contributed by atoms with Crippen molar-refractivity contribution in [2.24, 2.45) is 0 Å². The number of carboxylic acids is 1. The molecule has 1 unspecified atom stereocenters. The quantitative estimate of drug-likeness (QED) is 0.609. The van der Waals surface area contributed by atoms with Gasteiger partial charge in [-0.3, -0.25) is 0 Å². The highest BCUT2D eigenvalue weighted by molar-refractivity contribution is 5.72. The van der Waals surface area contributed by atoms with E-state index in [1.807, 2.05) is 0 Å². The zero-order valence-electron chi connectivity index (χ0n) is 5.77. The van der Waals surface area contributed by atoms with Crippen LogP contribution in [0.15, 0.2) is 6.33 Å². The molecular weight excluding hydrogens is 146 g/mol. The predicted molar refractivity (Wildman–Crippen MR) is 35.0 cm³/mol. The number of aromatic nitrogens is 3. The third kappa shape index (κ3) is 0.806. The van der Waals surface area contributed by atoms with Crippen LogP contribution >= 0.6 is 0 Å². The Labute approximate surface area is 62.7 Å².